The van der Waals surface area contributed by atoms with E-state index in [-0.39, 0.29) is 12.1 Å². The van der Waals surface area contributed by atoms with E-state index in [1.807, 2.05) is 49.0 Å². The number of methoxy groups -OCH3 is 1. The minimum absolute atomic E-state index is 0.0256. The molecule has 0 fully saturated rings. The third-order valence-electron chi connectivity index (χ3n) is 5.05. The number of carbonyl (C=O) groups is 1. The third kappa shape index (κ3) is 5.34. The maximum absolute atomic E-state index is 11.3. The number of nitrogens with zero attached hydrogens (tertiary/aromatic N) is 4. The van der Waals surface area contributed by atoms with E-state index >= 15 is 0 Å². The van der Waals surface area contributed by atoms with Crippen LogP contribution in [0.15, 0.2) is 47.1 Å². The van der Waals surface area contributed by atoms with Crippen LogP contribution in [0.3, 0.4) is 0 Å². The van der Waals surface area contributed by atoms with Gasteiger partial charge in [0.15, 0.2) is 0 Å². The molecule has 172 valence electrons. The van der Waals surface area contributed by atoms with Crippen molar-refractivity contribution in [1.82, 2.24) is 19.9 Å². The number of carbonyl (C=O) groups excluding carboxylic acids is 1. The lowest BCUT2D eigenvalue weighted by molar-refractivity contribution is -0.140. The zero-order valence-corrected chi connectivity index (χ0v) is 19.5. The summed E-state index contributed by atoms with van der Waals surface area (Å²) in [6.07, 6.45) is 3.96. The number of esters is 1. The summed E-state index contributed by atoms with van der Waals surface area (Å²) in [6.45, 7) is 4.59. The summed E-state index contributed by atoms with van der Waals surface area (Å²) in [5.41, 5.74) is 2.38. The number of aromatic nitrogens is 4. The highest BCUT2D eigenvalue weighted by atomic mass is 35.5. The monoisotopic (exact) mass is 468 g/mol. The van der Waals surface area contributed by atoms with Crippen LogP contribution < -0.4 is 4.74 Å². The molecule has 0 amide bonds. The lowest BCUT2D eigenvalue weighted by Crippen LogP contribution is -2.05. The Morgan fingerprint density at radius 2 is 2.06 bits per heavy atom. The number of unbranched alkanes of at least 4 members (excludes halogenated alkanes) is 1. The van der Waals surface area contributed by atoms with Crippen LogP contribution >= 0.6 is 11.6 Å². The minimum atomic E-state index is -0.195. The highest BCUT2D eigenvalue weighted by molar-refractivity contribution is 6.32. The van der Waals surface area contributed by atoms with Gasteiger partial charge in [0.2, 0.25) is 5.82 Å². The number of fused-ring (bicyclic) bond motifs is 1. The molecule has 0 aliphatic carbocycles. The molecule has 2 heterocycles. The van der Waals surface area contributed by atoms with Gasteiger partial charge in [0.05, 0.1) is 23.8 Å². The van der Waals surface area contributed by atoms with Crippen molar-refractivity contribution < 1.29 is 18.8 Å². The average Bonchev–Trinajstić information content (AvgIpc) is 3.44. The topological polar surface area (TPSA) is 92.3 Å². The van der Waals surface area contributed by atoms with Gasteiger partial charge in [-0.3, -0.25) is 9.48 Å². The Hall–Kier alpha value is -3.39. The molecule has 8 nitrogen and oxygen atoms in total. The fourth-order valence-electron chi connectivity index (χ4n) is 3.48. The highest BCUT2D eigenvalue weighted by Crippen LogP contribution is 2.32. The summed E-state index contributed by atoms with van der Waals surface area (Å²) in [5.74, 6) is 1.26. The first-order valence-electron chi connectivity index (χ1n) is 10.8. The van der Waals surface area contributed by atoms with Crippen LogP contribution in [0.4, 0.5) is 0 Å². The summed E-state index contributed by atoms with van der Waals surface area (Å²) in [4.78, 5) is 15.8. The van der Waals surface area contributed by atoms with Gasteiger partial charge in [-0.05, 0) is 51.0 Å². The quantitative estimate of drug-likeness (QED) is 0.235. The normalized spacial score (nSPS) is 11.3. The van der Waals surface area contributed by atoms with Crippen molar-refractivity contribution >= 4 is 28.5 Å². The van der Waals surface area contributed by atoms with E-state index in [0.717, 1.165) is 29.3 Å². The first-order valence-corrected chi connectivity index (χ1v) is 11.2. The fourth-order valence-corrected chi connectivity index (χ4v) is 3.71. The van der Waals surface area contributed by atoms with Gasteiger partial charge in [0.25, 0.3) is 5.89 Å². The van der Waals surface area contributed by atoms with Gasteiger partial charge in [-0.2, -0.15) is 10.1 Å². The summed E-state index contributed by atoms with van der Waals surface area (Å²) in [5, 5.41) is 10.2. The Bertz CT molecular complexity index is 1260. The first-order chi connectivity index (χ1) is 15.9. The van der Waals surface area contributed by atoms with E-state index in [4.69, 9.17) is 20.9 Å². The standard InChI is InChI=1S/C24H25ClN4O4/c1-15(2)32-21-11-10-16(13-19(21)25)24-26-23(28-33-24)17-7-6-8-20-18(17)14-29(27-20)12-5-4-9-22(30)31-3/h6-8,10-11,13-15H,4-5,9,12H2,1-3H3. The van der Waals surface area contributed by atoms with E-state index in [2.05, 4.69) is 20.0 Å². The Balaban J connectivity index is 1.53. The minimum Gasteiger partial charge on any atom is -0.489 e. The second kappa shape index (κ2) is 10.0. The number of rotatable bonds is 9. The molecule has 0 radical (unpaired) electrons. The number of halogens is 1. The number of aryl methyl sites for hydroxylation is 1. The lowest BCUT2D eigenvalue weighted by atomic mass is 10.1. The molecule has 0 saturated heterocycles. The Morgan fingerprint density at radius 3 is 2.82 bits per heavy atom. The Labute approximate surface area is 196 Å². The summed E-state index contributed by atoms with van der Waals surface area (Å²) in [7, 11) is 1.40. The van der Waals surface area contributed by atoms with Gasteiger partial charge in [-0.25, -0.2) is 0 Å². The van der Waals surface area contributed by atoms with Gasteiger partial charge in [0.1, 0.15) is 5.75 Å². The third-order valence-corrected chi connectivity index (χ3v) is 5.35. The van der Waals surface area contributed by atoms with E-state index in [1.165, 1.54) is 7.11 Å². The van der Waals surface area contributed by atoms with E-state index < -0.39 is 0 Å². The molecule has 0 unspecified atom stereocenters. The molecule has 0 aliphatic rings. The van der Waals surface area contributed by atoms with Gasteiger partial charge < -0.3 is 14.0 Å². The van der Waals surface area contributed by atoms with Crippen molar-refractivity contribution in [3.8, 4) is 28.6 Å². The second-order valence-corrected chi connectivity index (χ2v) is 8.31. The molecule has 0 aliphatic heterocycles. The van der Waals surface area contributed by atoms with Gasteiger partial charge in [-0.15, -0.1) is 0 Å². The van der Waals surface area contributed by atoms with Gasteiger partial charge in [-0.1, -0.05) is 28.9 Å². The molecule has 0 N–H and O–H groups in total. The molecule has 0 spiro atoms. The van der Waals surface area contributed by atoms with Gasteiger partial charge in [0, 0.05) is 35.7 Å². The van der Waals surface area contributed by atoms with E-state index in [1.54, 1.807) is 12.1 Å². The van der Waals surface area contributed by atoms with Crippen LogP contribution in [0.5, 0.6) is 5.75 Å². The molecule has 0 atom stereocenters. The van der Waals surface area contributed by atoms with Crippen LogP contribution in [0.25, 0.3) is 33.7 Å². The van der Waals surface area contributed by atoms with Crippen molar-refractivity contribution in [3.63, 3.8) is 0 Å². The maximum Gasteiger partial charge on any atom is 0.305 e. The number of hydrogen-bond acceptors (Lipinski definition) is 7. The summed E-state index contributed by atoms with van der Waals surface area (Å²) in [6, 6.07) is 11.2. The number of hydrogen-bond donors (Lipinski definition) is 0. The van der Waals surface area contributed by atoms with E-state index in [0.29, 0.717) is 41.0 Å². The van der Waals surface area contributed by atoms with Crippen LogP contribution in [0.2, 0.25) is 5.02 Å². The van der Waals surface area contributed by atoms with Crippen LogP contribution in [-0.2, 0) is 16.1 Å². The molecule has 4 rings (SSSR count). The SMILES string of the molecule is COC(=O)CCCCn1cc2c(-c3noc(-c4ccc(OC(C)C)c(Cl)c4)n3)cccc2n1. The molecule has 4 aromatic rings. The molecule has 33 heavy (non-hydrogen) atoms. The molecule has 2 aromatic carbocycles. The first kappa shape index (κ1) is 22.8. The van der Waals surface area contributed by atoms with Gasteiger partial charge >= 0.3 is 5.97 Å². The highest BCUT2D eigenvalue weighted by Gasteiger charge is 2.16. The maximum atomic E-state index is 11.3. The fraction of sp³-hybridized carbons (Fsp3) is 0.333. The molecular formula is C24H25ClN4O4. The zero-order valence-electron chi connectivity index (χ0n) is 18.7. The Morgan fingerprint density at radius 1 is 1.21 bits per heavy atom. The van der Waals surface area contributed by atoms with Crippen LogP contribution in [0, 0.1) is 0 Å². The zero-order chi connectivity index (χ0) is 23.4. The molecule has 0 bridgehead atoms. The smallest absolute Gasteiger partial charge is 0.305 e. The summed E-state index contributed by atoms with van der Waals surface area (Å²) < 4.78 is 17.8. The van der Waals surface area contributed by atoms with Crippen molar-refractivity contribution in [3.05, 3.63) is 47.6 Å². The predicted molar refractivity (Wildman–Crippen MR) is 125 cm³/mol. The second-order valence-electron chi connectivity index (χ2n) is 7.90. The van der Waals surface area contributed by atoms with Crippen molar-refractivity contribution in [2.24, 2.45) is 0 Å². The Kier molecular flexibility index (Phi) is 6.93. The lowest BCUT2D eigenvalue weighted by Gasteiger charge is -2.11. The summed E-state index contributed by atoms with van der Waals surface area (Å²) >= 11 is 6.35. The number of benzene rings is 2. The average molecular weight is 469 g/mol. The molecule has 0 saturated carbocycles. The van der Waals surface area contributed by atoms with Crippen molar-refractivity contribution in [2.45, 2.75) is 45.8 Å². The van der Waals surface area contributed by atoms with E-state index in [9.17, 15) is 4.79 Å². The molecule has 9 heteroatoms. The molecular weight excluding hydrogens is 444 g/mol. The predicted octanol–water partition coefficient (Wildman–Crippen LogP) is 5.54. The van der Waals surface area contributed by atoms with Crippen LogP contribution in [-0.4, -0.2) is 39.1 Å². The van der Waals surface area contributed by atoms with Crippen molar-refractivity contribution in [1.29, 1.82) is 0 Å². The van der Waals surface area contributed by atoms with Crippen molar-refractivity contribution in [2.75, 3.05) is 7.11 Å². The molecule has 2 aromatic heterocycles. The van der Waals surface area contributed by atoms with Crippen LogP contribution in [0.1, 0.15) is 33.1 Å². The largest absolute Gasteiger partial charge is 0.489 e. The number of ether oxygens (including phenoxy) is 2.